The van der Waals surface area contributed by atoms with Gasteiger partial charge in [-0.1, -0.05) is 0 Å². The molecule has 4 nitrogen and oxygen atoms in total. The fourth-order valence-corrected chi connectivity index (χ4v) is 6.10. The Kier molecular flexibility index (Phi) is 4.54. The number of ketones is 1. The van der Waals surface area contributed by atoms with E-state index < -0.39 is 6.10 Å². The summed E-state index contributed by atoms with van der Waals surface area (Å²) >= 11 is 0. The van der Waals surface area contributed by atoms with Crippen LogP contribution in [0.3, 0.4) is 0 Å². The summed E-state index contributed by atoms with van der Waals surface area (Å²) in [5.41, 5.74) is 0.690. The Hall–Kier alpha value is -1.84. The van der Waals surface area contributed by atoms with Gasteiger partial charge in [-0.25, -0.2) is 0 Å². The van der Waals surface area contributed by atoms with Crippen LogP contribution in [0.5, 0.6) is 5.75 Å². The molecule has 0 aromatic heterocycles. The molecule has 26 heavy (non-hydrogen) atoms. The minimum Gasteiger partial charge on any atom is -0.497 e. The average Bonchev–Trinajstić information content (AvgIpc) is 2.59. The maximum atomic E-state index is 12.6. The number of esters is 1. The smallest absolute Gasteiger partial charge is 0.307 e. The van der Waals surface area contributed by atoms with Gasteiger partial charge in [-0.3, -0.25) is 9.59 Å². The minimum absolute atomic E-state index is 0.148. The zero-order valence-corrected chi connectivity index (χ0v) is 15.7. The first kappa shape index (κ1) is 17.6. The quantitative estimate of drug-likeness (QED) is 0.559. The molecule has 4 aliphatic carbocycles. The fraction of sp³-hybridized carbons (Fsp3) is 0.636. The number of rotatable bonds is 6. The van der Waals surface area contributed by atoms with Crippen molar-refractivity contribution in [3.63, 3.8) is 0 Å². The van der Waals surface area contributed by atoms with E-state index in [1.165, 1.54) is 38.5 Å². The maximum absolute atomic E-state index is 12.6. The molecule has 1 atom stereocenters. The summed E-state index contributed by atoms with van der Waals surface area (Å²) in [6.07, 6.45) is 7.35. The first-order valence-corrected chi connectivity index (χ1v) is 9.84. The molecule has 4 aliphatic rings. The maximum Gasteiger partial charge on any atom is 0.307 e. The van der Waals surface area contributed by atoms with Gasteiger partial charge in [0, 0.05) is 5.56 Å². The largest absolute Gasteiger partial charge is 0.497 e. The lowest BCUT2D eigenvalue weighted by atomic mass is 9.49. The highest BCUT2D eigenvalue weighted by Gasteiger charge is 2.51. The zero-order chi connectivity index (χ0) is 18.3. The highest BCUT2D eigenvalue weighted by atomic mass is 16.5. The second kappa shape index (κ2) is 6.71. The Morgan fingerprint density at radius 1 is 1.04 bits per heavy atom. The Labute approximate surface area is 155 Å². The summed E-state index contributed by atoms with van der Waals surface area (Å²) in [7, 11) is 1.59. The molecule has 0 radical (unpaired) electrons. The summed E-state index contributed by atoms with van der Waals surface area (Å²) in [5.74, 6) is 2.77. The molecule has 4 bridgehead atoms. The van der Waals surface area contributed by atoms with Gasteiger partial charge in [-0.05, 0) is 92.9 Å². The van der Waals surface area contributed by atoms with Crippen molar-refractivity contribution in [1.29, 1.82) is 0 Å². The van der Waals surface area contributed by atoms with Crippen LogP contribution in [0.15, 0.2) is 24.3 Å². The van der Waals surface area contributed by atoms with Crippen molar-refractivity contribution in [1.82, 2.24) is 0 Å². The summed E-state index contributed by atoms with van der Waals surface area (Å²) in [6, 6.07) is 6.92. The van der Waals surface area contributed by atoms with Gasteiger partial charge >= 0.3 is 5.97 Å². The molecule has 0 heterocycles. The number of benzene rings is 1. The molecule has 4 fully saturated rings. The van der Waals surface area contributed by atoms with Crippen LogP contribution in [-0.4, -0.2) is 25.0 Å². The van der Waals surface area contributed by atoms with Crippen molar-refractivity contribution in [2.24, 2.45) is 23.2 Å². The number of Topliss-reactive ketones (excluding diaryl/α,β-unsaturated/α-hetero) is 1. The van der Waals surface area contributed by atoms with Crippen LogP contribution in [0.25, 0.3) is 0 Å². The van der Waals surface area contributed by atoms with E-state index in [1.807, 2.05) is 0 Å². The molecule has 0 spiro atoms. The van der Waals surface area contributed by atoms with Gasteiger partial charge in [0.1, 0.15) is 5.75 Å². The number of carbonyl (C=O) groups is 2. The number of methoxy groups -OCH3 is 1. The van der Waals surface area contributed by atoms with Crippen molar-refractivity contribution in [2.75, 3.05) is 7.11 Å². The summed E-state index contributed by atoms with van der Waals surface area (Å²) in [5, 5.41) is 0. The van der Waals surface area contributed by atoms with Crippen molar-refractivity contribution < 1.29 is 19.1 Å². The Morgan fingerprint density at radius 2 is 1.58 bits per heavy atom. The lowest BCUT2D eigenvalue weighted by Gasteiger charge is -2.56. The van der Waals surface area contributed by atoms with Crippen LogP contribution >= 0.6 is 0 Å². The highest BCUT2D eigenvalue weighted by Crippen LogP contribution is 2.61. The Balaban J connectivity index is 1.36. The number of hydrogen-bond donors (Lipinski definition) is 0. The van der Waals surface area contributed by atoms with Crippen molar-refractivity contribution in [2.45, 2.75) is 58.0 Å². The fourth-order valence-electron chi connectivity index (χ4n) is 6.10. The third-order valence-corrected chi connectivity index (χ3v) is 6.74. The number of hydrogen-bond acceptors (Lipinski definition) is 4. The summed E-state index contributed by atoms with van der Waals surface area (Å²) in [4.78, 5) is 25.1. The van der Waals surface area contributed by atoms with Crippen LogP contribution in [0.2, 0.25) is 0 Å². The van der Waals surface area contributed by atoms with E-state index in [9.17, 15) is 9.59 Å². The van der Waals surface area contributed by atoms with E-state index in [0.29, 0.717) is 17.7 Å². The van der Waals surface area contributed by atoms with E-state index in [0.717, 1.165) is 17.8 Å². The lowest BCUT2D eigenvalue weighted by molar-refractivity contribution is -0.154. The van der Waals surface area contributed by atoms with E-state index in [2.05, 4.69) is 0 Å². The predicted octanol–water partition coefficient (Wildman–Crippen LogP) is 4.42. The number of carbonyl (C=O) groups excluding carboxylic acids is 2. The average molecular weight is 356 g/mol. The molecule has 5 rings (SSSR count). The molecule has 0 amide bonds. The second-order valence-corrected chi connectivity index (χ2v) is 8.82. The molecular weight excluding hydrogens is 328 g/mol. The molecule has 140 valence electrons. The summed E-state index contributed by atoms with van der Waals surface area (Å²) < 4.78 is 10.7. The van der Waals surface area contributed by atoms with Gasteiger partial charge < -0.3 is 9.47 Å². The van der Waals surface area contributed by atoms with Gasteiger partial charge in [0.2, 0.25) is 5.78 Å². The minimum atomic E-state index is -0.746. The first-order valence-electron chi connectivity index (χ1n) is 9.84. The van der Waals surface area contributed by atoms with Crippen LogP contribution < -0.4 is 4.74 Å². The molecule has 0 saturated heterocycles. The van der Waals surface area contributed by atoms with Gasteiger partial charge in [0.05, 0.1) is 13.5 Å². The van der Waals surface area contributed by atoms with Crippen molar-refractivity contribution in [3.05, 3.63) is 29.8 Å². The normalized spacial score (nSPS) is 32.9. The topological polar surface area (TPSA) is 52.6 Å². The van der Waals surface area contributed by atoms with Gasteiger partial charge in [-0.2, -0.15) is 0 Å². The predicted molar refractivity (Wildman–Crippen MR) is 98.1 cm³/mol. The SMILES string of the molecule is COc1ccc(C(=O)[C@H](C)OC(=O)CC23CC4CC(CC(C4)C2)C3)cc1. The van der Waals surface area contributed by atoms with Gasteiger partial charge in [0.25, 0.3) is 0 Å². The van der Waals surface area contributed by atoms with Crippen LogP contribution in [-0.2, 0) is 9.53 Å². The van der Waals surface area contributed by atoms with Crippen LogP contribution in [0, 0.1) is 23.2 Å². The second-order valence-electron chi connectivity index (χ2n) is 8.82. The zero-order valence-electron chi connectivity index (χ0n) is 15.7. The molecule has 1 aromatic carbocycles. The first-order chi connectivity index (χ1) is 12.5. The Bertz CT molecular complexity index is 655. The highest BCUT2D eigenvalue weighted by molar-refractivity contribution is 6.00. The van der Waals surface area contributed by atoms with Gasteiger partial charge in [-0.15, -0.1) is 0 Å². The van der Waals surface area contributed by atoms with Crippen molar-refractivity contribution in [3.8, 4) is 5.75 Å². The standard InChI is InChI=1S/C22H28O4/c1-14(21(24)18-3-5-19(25-2)6-4-18)26-20(23)13-22-10-15-7-16(11-22)9-17(8-15)12-22/h3-6,14-17H,7-13H2,1-2H3/t14-,15?,16?,17?,22?/m0/s1. The third-order valence-electron chi connectivity index (χ3n) is 6.74. The van der Waals surface area contributed by atoms with Crippen LogP contribution in [0.1, 0.15) is 62.2 Å². The van der Waals surface area contributed by atoms with E-state index in [-0.39, 0.29) is 17.2 Å². The molecule has 4 saturated carbocycles. The van der Waals surface area contributed by atoms with Gasteiger partial charge in [0.15, 0.2) is 6.10 Å². The van der Waals surface area contributed by atoms with Crippen LogP contribution in [0.4, 0.5) is 0 Å². The molecular formula is C22H28O4. The molecule has 0 aliphatic heterocycles. The molecule has 4 heteroatoms. The Morgan fingerprint density at radius 3 is 2.08 bits per heavy atom. The number of ether oxygens (including phenoxy) is 2. The lowest BCUT2D eigenvalue weighted by Crippen LogP contribution is -2.47. The van der Waals surface area contributed by atoms with E-state index >= 15 is 0 Å². The molecule has 0 unspecified atom stereocenters. The molecule has 0 N–H and O–H groups in total. The van der Waals surface area contributed by atoms with E-state index in [4.69, 9.17) is 9.47 Å². The van der Waals surface area contributed by atoms with E-state index in [1.54, 1.807) is 38.3 Å². The summed E-state index contributed by atoms with van der Waals surface area (Å²) in [6.45, 7) is 1.67. The monoisotopic (exact) mass is 356 g/mol. The molecule has 1 aromatic rings. The third kappa shape index (κ3) is 3.38. The van der Waals surface area contributed by atoms with Crippen molar-refractivity contribution >= 4 is 11.8 Å².